The maximum Gasteiger partial charge on any atom is 0.389 e. The van der Waals surface area contributed by atoms with Gasteiger partial charge in [0.2, 0.25) is 0 Å². The van der Waals surface area contributed by atoms with Gasteiger partial charge >= 0.3 is 6.18 Å². The van der Waals surface area contributed by atoms with Gasteiger partial charge in [0.1, 0.15) is 0 Å². The second-order valence-corrected chi connectivity index (χ2v) is 4.40. The molecule has 0 aromatic rings. The second-order valence-electron chi connectivity index (χ2n) is 4.40. The highest BCUT2D eigenvalue weighted by molar-refractivity contribution is 4.82. The van der Waals surface area contributed by atoms with Crippen molar-refractivity contribution in [1.82, 2.24) is 4.90 Å². The van der Waals surface area contributed by atoms with E-state index in [2.05, 4.69) is 11.8 Å². The van der Waals surface area contributed by atoms with Crippen LogP contribution < -0.4 is 5.73 Å². The molecule has 0 spiro atoms. The average Bonchev–Trinajstić information content (AvgIpc) is 2.45. The van der Waals surface area contributed by atoms with Crippen molar-refractivity contribution in [3.63, 3.8) is 0 Å². The molecule has 0 aromatic carbocycles. The third kappa shape index (κ3) is 4.38. The van der Waals surface area contributed by atoms with E-state index in [1.54, 1.807) is 0 Å². The molecular formula is C10H19F3N2. The number of nitrogens with zero attached hydrogens (tertiary/aromatic N) is 1. The summed E-state index contributed by atoms with van der Waals surface area (Å²) in [6, 6.07) is 0.381. The number of alkyl halides is 3. The Balaban J connectivity index is 2.22. The Morgan fingerprint density at radius 2 is 2.07 bits per heavy atom. The number of hydrogen-bond donors (Lipinski definition) is 1. The van der Waals surface area contributed by atoms with Gasteiger partial charge in [-0.3, -0.25) is 0 Å². The summed E-state index contributed by atoms with van der Waals surface area (Å²) >= 11 is 0. The third-order valence-corrected chi connectivity index (χ3v) is 3.03. The van der Waals surface area contributed by atoms with Crippen LogP contribution in [0.2, 0.25) is 0 Å². The molecule has 5 heteroatoms. The summed E-state index contributed by atoms with van der Waals surface area (Å²) < 4.78 is 35.8. The zero-order valence-electron chi connectivity index (χ0n) is 9.06. The van der Waals surface area contributed by atoms with Crippen LogP contribution >= 0.6 is 0 Å². The van der Waals surface area contributed by atoms with Crippen molar-refractivity contribution >= 4 is 0 Å². The summed E-state index contributed by atoms with van der Waals surface area (Å²) in [7, 11) is 0. The summed E-state index contributed by atoms with van der Waals surface area (Å²) in [4.78, 5) is 2.11. The fraction of sp³-hybridized carbons (Fsp3) is 1.00. The van der Waals surface area contributed by atoms with Gasteiger partial charge < -0.3 is 10.6 Å². The molecule has 1 saturated heterocycles. The van der Waals surface area contributed by atoms with Crippen LogP contribution in [0.25, 0.3) is 0 Å². The Labute approximate surface area is 88.6 Å². The van der Waals surface area contributed by atoms with Gasteiger partial charge in [-0.05, 0) is 38.8 Å². The molecular weight excluding hydrogens is 205 g/mol. The van der Waals surface area contributed by atoms with Crippen molar-refractivity contribution in [2.75, 3.05) is 19.6 Å². The summed E-state index contributed by atoms with van der Waals surface area (Å²) in [5, 5.41) is 0. The standard InChI is InChI=1S/C10H19F3N2/c1-8-5-9(6-14)7-15(8)4-2-3-10(11,12)13/h8-9H,2-7,14H2,1H3. The van der Waals surface area contributed by atoms with E-state index in [0.29, 0.717) is 25.0 Å². The predicted molar refractivity (Wildman–Crippen MR) is 53.5 cm³/mol. The fourth-order valence-corrected chi connectivity index (χ4v) is 2.18. The number of hydrogen-bond acceptors (Lipinski definition) is 2. The highest BCUT2D eigenvalue weighted by Gasteiger charge is 2.30. The van der Waals surface area contributed by atoms with E-state index in [9.17, 15) is 13.2 Å². The monoisotopic (exact) mass is 224 g/mol. The minimum atomic E-state index is -4.02. The molecule has 0 radical (unpaired) electrons. The minimum absolute atomic E-state index is 0.200. The Morgan fingerprint density at radius 3 is 2.53 bits per heavy atom. The van der Waals surface area contributed by atoms with Gasteiger partial charge in [0.15, 0.2) is 0 Å². The Hall–Kier alpha value is -0.290. The molecule has 2 unspecified atom stereocenters. The van der Waals surface area contributed by atoms with Gasteiger partial charge in [0, 0.05) is 19.0 Å². The van der Waals surface area contributed by atoms with Crippen molar-refractivity contribution in [2.24, 2.45) is 11.7 Å². The first-order chi connectivity index (χ1) is 6.92. The van der Waals surface area contributed by atoms with Gasteiger partial charge in [-0.1, -0.05) is 0 Å². The molecule has 0 aromatic heterocycles. The lowest BCUT2D eigenvalue weighted by atomic mass is 10.1. The van der Waals surface area contributed by atoms with E-state index in [0.717, 1.165) is 13.0 Å². The van der Waals surface area contributed by atoms with Crippen LogP contribution in [0.1, 0.15) is 26.2 Å². The quantitative estimate of drug-likeness (QED) is 0.791. The first kappa shape index (κ1) is 12.8. The van der Waals surface area contributed by atoms with Gasteiger partial charge in [0.25, 0.3) is 0 Å². The molecule has 1 aliphatic heterocycles. The molecule has 0 bridgehead atoms. The van der Waals surface area contributed by atoms with Crippen molar-refractivity contribution in [3.8, 4) is 0 Å². The van der Waals surface area contributed by atoms with Gasteiger partial charge in [-0.15, -0.1) is 0 Å². The van der Waals surface area contributed by atoms with Crippen LogP contribution in [0.4, 0.5) is 13.2 Å². The van der Waals surface area contributed by atoms with Crippen LogP contribution in [0, 0.1) is 5.92 Å². The minimum Gasteiger partial charge on any atom is -0.330 e. The molecule has 1 heterocycles. The van der Waals surface area contributed by atoms with E-state index < -0.39 is 12.6 Å². The number of halogens is 3. The first-order valence-electron chi connectivity index (χ1n) is 5.43. The molecule has 2 atom stereocenters. The summed E-state index contributed by atoms with van der Waals surface area (Å²) in [6.07, 6.45) is -3.48. The highest BCUT2D eigenvalue weighted by Crippen LogP contribution is 2.25. The van der Waals surface area contributed by atoms with E-state index in [1.165, 1.54) is 0 Å². The van der Waals surface area contributed by atoms with Crippen molar-refractivity contribution in [1.29, 1.82) is 0 Å². The first-order valence-corrected chi connectivity index (χ1v) is 5.43. The largest absolute Gasteiger partial charge is 0.389 e. The lowest BCUT2D eigenvalue weighted by Gasteiger charge is -2.21. The van der Waals surface area contributed by atoms with E-state index in [-0.39, 0.29) is 6.42 Å². The van der Waals surface area contributed by atoms with E-state index in [1.807, 2.05) is 0 Å². The molecule has 2 nitrogen and oxygen atoms in total. The van der Waals surface area contributed by atoms with Gasteiger partial charge in [-0.25, -0.2) is 0 Å². The van der Waals surface area contributed by atoms with Crippen molar-refractivity contribution in [2.45, 2.75) is 38.4 Å². The van der Waals surface area contributed by atoms with Crippen molar-refractivity contribution < 1.29 is 13.2 Å². The normalized spacial score (nSPS) is 28.6. The van der Waals surface area contributed by atoms with E-state index >= 15 is 0 Å². The Bertz CT molecular complexity index is 194. The molecule has 0 aliphatic carbocycles. The number of likely N-dealkylation sites (tertiary alicyclic amines) is 1. The molecule has 2 N–H and O–H groups in total. The topological polar surface area (TPSA) is 29.3 Å². The maximum atomic E-state index is 11.9. The molecule has 0 amide bonds. The van der Waals surface area contributed by atoms with Crippen LogP contribution in [-0.4, -0.2) is 36.8 Å². The second kappa shape index (κ2) is 5.16. The summed E-state index contributed by atoms with van der Waals surface area (Å²) in [5.74, 6) is 0.464. The number of nitrogens with two attached hydrogens (primary N) is 1. The SMILES string of the molecule is CC1CC(CN)CN1CCCC(F)(F)F. The molecule has 1 fully saturated rings. The lowest BCUT2D eigenvalue weighted by Crippen LogP contribution is -2.29. The molecule has 1 rings (SSSR count). The number of rotatable bonds is 4. The van der Waals surface area contributed by atoms with Crippen molar-refractivity contribution in [3.05, 3.63) is 0 Å². The fourth-order valence-electron chi connectivity index (χ4n) is 2.18. The summed E-state index contributed by atoms with van der Waals surface area (Å²) in [5.41, 5.74) is 5.55. The van der Waals surface area contributed by atoms with Crippen LogP contribution in [0.15, 0.2) is 0 Å². The molecule has 0 saturated carbocycles. The molecule has 15 heavy (non-hydrogen) atoms. The van der Waals surface area contributed by atoms with Crippen LogP contribution in [0.5, 0.6) is 0 Å². The molecule has 1 aliphatic rings. The zero-order valence-corrected chi connectivity index (χ0v) is 9.06. The third-order valence-electron chi connectivity index (χ3n) is 3.03. The van der Waals surface area contributed by atoms with Gasteiger partial charge in [-0.2, -0.15) is 13.2 Å². The van der Waals surface area contributed by atoms with E-state index in [4.69, 9.17) is 5.73 Å². The predicted octanol–water partition coefficient (Wildman–Crippen LogP) is 2.00. The average molecular weight is 224 g/mol. The smallest absolute Gasteiger partial charge is 0.330 e. The zero-order chi connectivity index (χ0) is 11.5. The van der Waals surface area contributed by atoms with Gasteiger partial charge in [0.05, 0.1) is 0 Å². The highest BCUT2D eigenvalue weighted by atomic mass is 19.4. The van der Waals surface area contributed by atoms with Crippen LogP contribution in [0.3, 0.4) is 0 Å². The molecule has 90 valence electrons. The summed E-state index contributed by atoms with van der Waals surface area (Å²) in [6.45, 7) is 4.09. The van der Waals surface area contributed by atoms with Crippen LogP contribution in [-0.2, 0) is 0 Å². The lowest BCUT2D eigenvalue weighted by molar-refractivity contribution is -0.136. The Kier molecular flexibility index (Phi) is 4.40. The maximum absolute atomic E-state index is 11.9. The Morgan fingerprint density at radius 1 is 1.40 bits per heavy atom.